The number of para-hydroxylation sites is 2. The lowest BCUT2D eigenvalue weighted by Gasteiger charge is -2.05. The van der Waals surface area contributed by atoms with Crippen molar-refractivity contribution in [3.63, 3.8) is 0 Å². The van der Waals surface area contributed by atoms with Crippen LogP contribution in [-0.4, -0.2) is 9.97 Å². The Kier molecular flexibility index (Phi) is 3.85. The van der Waals surface area contributed by atoms with Crippen LogP contribution in [0.2, 0.25) is 0 Å². The predicted octanol–water partition coefficient (Wildman–Crippen LogP) is 3.92. The summed E-state index contributed by atoms with van der Waals surface area (Å²) in [4.78, 5) is 7.87. The molecule has 0 fully saturated rings. The van der Waals surface area contributed by atoms with Crippen LogP contribution in [0.3, 0.4) is 0 Å². The molecule has 2 aromatic carbocycles. The summed E-state index contributed by atoms with van der Waals surface area (Å²) in [6.45, 7) is 3.68. The summed E-state index contributed by atoms with van der Waals surface area (Å²) in [6.07, 6.45) is 0. The van der Waals surface area contributed by atoms with E-state index >= 15 is 0 Å². The van der Waals surface area contributed by atoms with Crippen LogP contribution in [0.4, 0.5) is 0 Å². The van der Waals surface area contributed by atoms with Crippen molar-refractivity contribution in [2.75, 3.05) is 0 Å². The number of hydrogen-bond acceptors (Lipinski definition) is 2. The summed E-state index contributed by atoms with van der Waals surface area (Å²) in [6, 6.07) is 14.5. The van der Waals surface area contributed by atoms with Crippen molar-refractivity contribution in [2.24, 2.45) is 0 Å². The predicted molar refractivity (Wildman–Crippen MR) is 85.5 cm³/mol. The van der Waals surface area contributed by atoms with Gasteiger partial charge in [0.15, 0.2) is 0 Å². The average Bonchev–Trinajstić information content (AvgIpc) is 2.85. The summed E-state index contributed by atoms with van der Waals surface area (Å²) in [7, 11) is 0. The first-order valence-corrected chi connectivity index (χ1v) is 7.41. The van der Waals surface area contributed by atoms with E-state index in [1.807, 2.05) is 24.3 Å². The minimum Gasteiger partial charge on any atom is -0.341 e. The van der Waals surface area contributed by atoms with Gasteiger partial charge in [-0.1, -0.05) is 40.2 Å². The maximum atomic E-state index is 4.55. The molecule has 2 N–H and O–H groups in total. The number of H-pyrrole nitrogens is 1. The summed E-state index contributed by atoms with van der Waals surface area (Å²) >= 11 is 3.52. The molecule has 3 aromatic rings. The van der Waals surface area contributed by atoms with Crippen LogP contribution < -0.4 is 5.32 Å². The number of aromatic amines is 1. The molecule has 0 saturated carbocycles. The fourth-order valence-electron chi connectivity index (χ4n) is 2.23. The van der Waals surface area contributed by atoms with Crippen LogP contribution in [0.25, 0.3) is 11.0 Å². The smallest absolute Gasteiger partial charge is 0.121 e. The number of rotatable bonds is 4. The second-order valence-corrected chi connectivity index (χ2v) is 5.74. The zero-order chi connectivity index (χ0) is 13.9. The number of aromatic nitrogens is 2. The van der Waals surface area contributed by atoms with Crippen LogP contribution in [0, 0.1) is 6.92 Å². The number of nitrogens with zero attached hydrogens (tertiary/aromatic N) is 1. The number of aryl methyl sites for hydroxylation is 1. The quantitative estimate of drug-likeness (QED) is 0.761. The number of hydrogen-bond donors (Lipinski definition) is 2. The Balaban J connectivity index is 1.63. The molecular formula is C16H16BrN3. The first-order chi connectivity index (χ1) is 9.72. The molecule has 0 aliphatic rings. The summed E-state index contributed by atoms with van der Waals surface area (Å²) in [5.41, 5.74) is 4.64. The van der Waals surface area contributed by atoms with Crippen molar-refractivity contribution in [1.29, 1.82) is 0 Å². The molecule has 1 heterocycles. The summed E-state index contributed by atoms with van der Waals surface area (Å²) < 4.78 is 1.15. The van der Waals surface area contributed by atoms with Crippen LogP contribution in [-0.2, 0) is 13.1 Å². The SMILES string of the molecule is Cc1cc(CNCc2nc3ccccc3[nH]2)ccc1Br. The Hall–Kier alpha value is -1.65. The monoisotopic (exact) mass is 329 g/mol. The Labute approximate surface area is 126 Å². The van der Waals surface area contributed by atoms with Gasteiger partial charge >= 0.3 is 0 Å². The van der Waals surface area contributed by atoms with E-state index in [1.165, 1.54) is 11.1 Å². The fourth-order valence-corrected chi connectivity index (χ4v) is 2.48. The second-order valence-electron chi connectivity index (χ2n) is 4.89. The number of benzene rings is 2. The van der Waals surface area contributed by atoms with E-state index in [0.717, 1.165) is 34.4 Å². The molecule has 102 valence electrons. The van der Waals surface area contributed by atoms with Gasteiger partial charge in [0.05, 0.1) is 17.6 Å². The Morgan fingerprint density at radius 3 is 2.80 bits per heavy atom. The van der Waals surface area contributed by atoms with Gasteiger partial charge in [0.25, 0.3) is 0 Å². The molecule has 0 aliphatic carbocycles. The van der Waals surface area contributed by atoms with Gasteiger partial charge in [-0.2, -0.15) is 0 Å². The molecule has 20 heavy (non-hydrogen) atoms. The third-order valence-corrected chi connectivity index (χ3v) is 4.17. The Morgan fingerprint density at radius 1 is 1.15 bits per heavy atom. The molecular weight excluding hydrogens is 314 g/mol. The van der Waals surface area contributed by atoms with Crippen LogP contribution in [0.5, 0.6) is 0 Å². The number of halogens is 1. The molecule has 0 amide bonds. The molecule has 0 atom stereocenters. The third-order valence-electron chi connectivity index (χ3n) is 3.28. The molecule has 0 saturated heterocycles. The van der Waals surface area contributed by atoms with E-state index in [1.54, 1.807) is 0 Å². The number of fused-ring (bicyclic) bond motifs is 1. The highest BCUT2D eigenvalue weighted by molar-refractivity contribution is 9.10. The minimum atomic E-state index is 0.740. The molecule has 3 rings (SSSR count). The van der Waals surface area contributed by atoms with Crippen molar-refractivity contribution in [3.8, 4) is 0 Å². The van der Waals surface area contributed by atoms with Gasteiger partial charge in [-0.05, 0) is 36.2 Å². The third kappa shape index (κ3) is 2.92. The zero-order valence-electron chi connectivity index (χ0n) is 11.3. The zero-order valence-corrected chi connectivity index (χ0v) is 12.9. The minimum absolute atomic E-state index is 0.740. The van der Waals surface area contributed by atoms with E-state index < -0.39 is 0 Å². The lowest BCUT2D eigenvalue weighted by atomic mass is 10.1. The lowest BCUT2D eigenvalue weighted by molar-refractivity contribution is 0.670. The largest absolute Gasteiger partial charge is 0.341 e. The van der Waals surface area contributed by atoms with E-state index in [-0.39, 0.29) is 0 Å². The van der Waals surface area contributed by atoms with Crippen LogP contribution >= 0.6 is 15.9 Å². The fraction of sp³-hybridized carbons (Fsp3) is 0.188. The molecule has 0 unspecified atom stereocenters. The van der Waals surface area contributed by atoms with Gasteiger partial charge in [-0.15, -0.1) is 0 Å². The van der Waals surface area contributed by atoms with Gasteiger partial charge in [-0.3, -0.25) is 0 Å². The molecule has 4 heteroatoms. The van der Waals surface area contributed by atoms with E-state index in [9.17, 15) is 0 Å². The van der Waals surface area contributed by atoms with Gasteiger partial charge in [0.2, 0.25) is 0 Å². The lowest BCUT2D eigenvalue weighted by Crippen LogP contribution is -2.13. The van der Waals surface area contributed by atoms with Gasteiger partial charge in [0.1, 0.15) is 5.82 Å². The van der Waals surface area contributed by atoms with Crippen LogP contribution in [0.1, 0.15) is 17.0 Å². The standard InChI is InChI=1S/C16H16BrN3/c1-11-8-12(6-7-13(11)17)9-18-10-16-19-14-4-2-3-5-15(14)20-16/h2-8,18H,9-10H2,1H3,(H,19,20). The Bertz CT molecular complexity index is 700. The van der Waals surface area contributed by atoms with Crippen molar-refractivity contribution in [3.05, 3.63) is 63.9 Å². The van der Waals surface area contributed by atoms with Gasteiger partial charge in [-0.25, -0.2) is 4.98 Å². The van der Waals surface area contributed by atoms with Crippen molar-refractivity contribution in [2.45, 2.75) is 20.0 Å². The summed E-state index contributed by atoms with van der Waals surface area (Å²) in [5.74, 6) is 0.972. The highest BCUT2D eigenvalue weighted by Gasteiger charge is 2.02. The average molecular weight is 330 g/mol. The summed E-state index contributed by atoms with van der Waals surface area (Å²) in [5, 5.41) is 3.42. The molecule has 0 bridgehead atoms. The van der Waals surface area contributed by atoms with E-state index in [4.69, 9.17) is 0 Å². The number of imidazole rings is 1. The second kappa shape index (κ2) is 5.77. The maximum absolute atomic E-state index is 4.55. The Morgan fingerprint density at radius 2 is 2.00 bits per heavy atom. The maximum Gasteiger partial charge on any atom is 0.121 e. The molecule has 1 aromatic heterocycles. The topological polar surface area (TPSA) is 40.7 Å². The highest BCUT2D eigenvalue weighted by atomic mass is 79.9. The van der Waals surface area contributed by atoms with Crippen molar-refractivity contribution < 1.29 is 0 Å². The normalized spacial score (nSPS) is 11.1. The molecule has 0 radical (unpaired) electrons. The first-order valence-electron chi connectivity index (χ1n) is 6.62. The highest BCUT2D eigenvalue weighted by Crippen LogP contribution is 2.17. The van der Waals surface area contributed by atoms with E-state index in [0.29, 0.717) is 0 Å². The molecule has 3 nitrogen and oxygen atoms in total. The van der Waals surface area contributed by atoms with Gasteiger partial charge < -0.3 is 10.3 Å². The van der Waals surface area contributed by atoms with Gasteiger partial charge in [0, 0.05) is 11.0 Å². The molecule has 0 spiro atoms. The van der Waals surface area contributed by atoms with Crippen molar-refractivity contribution >= 4 is 27.0 Å². The van der Waals surface area contributed by atoms with Crippen LogP contribution in [0.15, 0.2) is 46.9 Å². The van der Waals surface area contributed by atoms with Crippen molar-refractivity contribution in [1.82, 2.24) is 15.3 Å². The first kappa shape index (κ1) is 13.3. The molecule has 0 aliphatic heterocycles. The number of nitrogens with one attached hydrogen (secondary N) is 2. The van der Waals surface area contributed by atoms with E-state index in [2.05, 4.69) is 56.3 Å².